The Bertz CT molecular complexity index is 1080. The fraction of sp³-hybridized carbons (Fsp3) is 0.200. The van der Waals surface area contributed by atoms with Crippen LogP contribution in [-0.2, 0) is 10.4 Å². The second-order valence-corrected chi connectivity index (χ2v) is 6.83. The van der Waals surface area contributed by atoms with Crippen molar-refractivity contribution in [2.45, 2.75) is 12.0 Å². The minimum atomic E-state index is -1.54. The van der Waals surface area contributed by atoms with Gasteiger partial charge in [0.15, 0.2) is 5.60 Å². The second-order valence-electron chi connectivity index (χ2n) is 6.83. The number of aromatic nitrogens is 3. The van der Waals surface area contributed by atoms with E-state index in [4.69, 9.17) is 5.73 Å². The standard InChI is InChI=1S/C20H19N5O3/c1-24-9-8-20(28,19(24)27)14-11-22-25(12-14)15-5-2-4-13(10-15)16-6-3-7-17(23-16)18(21)26/h2-7,10-12,28H,8-9H2,1H3,(H2,21,26)/t20-/m0/s1. The van der Waals surface area contributed by atoms with Crippen LogP contribution in [0.15, 0.2) is 54.9 Å². The summed E-state index contributed by atoms with van der Waals surface area (Å²) in [5.74, 6) is -0.914. The average molecular weight is 377 g/mol. The van der Waals surface area contributed by atoms with E-state index in [9.17, 15) is 14.7 Å². The van der Waals surface area contributed by atoms with Crippen molar-refractivity contribution in [1.82, 2.24) is 19.7 Å². The Labute approximate surface area is 161 Å². The molecule has 3 heterocycles. The maximum atomic E-state index is 12.3. The van der Waals surface area contributed by atoms with Crippen LogP contribution in [0.1, 0.15) is 22.5 Å². The van der Waals surface area contributed by atoms with Gasteiger partial charge in [-0.2, -0.15) is 5.10 Å². The molecular formula is C20H19N5O3. The summed E-state index contributed by atoms with van der Waals surface area (Å²) in [5, 5.41) is 15.1. The lowest BCUT2D eigenvalue weighted by Crippen LogP contribution is -2.35. The molecule has 2 amide bonds. The molecule has 0 bridgehead atoms. The first-order valence-electron chi connectivity index (χ1n) is 8.79. The van der Waals surface area contributed by atoms with Crippen LogP contribution >= 0.6 is 0 Å². The topological polar surface area (TPSA) is 114 Å². The van der Waals surface area contributed by atoms with E-state index in [1.54, 1.807) is 36.1 Å². The number of primary amides is 1. The summed E-state index contributed by atoms with van der Waals surface area (Å²) < 4.78 is 1.60. The average Bonchev–Trinajstić information content (AvgIpc) is 3.31. The lowest BCUT2D eigenvalue weighted by molar-refractivity contribution is -0.143. The normalized spacial score (nSPS) is 19.2. The Balaban J connectivity index is 1.68. The van der Waals surface area contributed by atoms with Gasteiger partial charge in [-0.1, -0.05) is 18.2 Å². The Hall–Kier alpha value is -3.52. The van der Waals surface area contributed by atoms with Crippen molar-refractivity contribution in [2.24, 2.45) is 5.73 Å². The van der Waals surface area contributed by atoms with E-state index < -0.39 is 11.5 Å². The highest BCUT2D eigenvalue weighted by Gasteiger charge is 2.46. The first-order chi connectivity index (χ1) is 13.4. The van der Waals surface area contributed by atoms with Crippen LogP contribution in [0.4, 0.5) is 0 Å². The van der Waals surface area contributed by atoms with Crippen LogP contribution in [0.25, 0.3) is 16.9 Å². The number of likely N-dealkylation sites (tertiary alicyclic amines) is 1. The first-order valence-corrected chi connectivity index (χ1v) is 8.79. The molecule has 4 rings (SSSR count). The summed E-state index contributed by atoms with van der Waals surface area (Å²) in [5.41, 5.74) is 6.54. The van der Waals surface area contributed by atoms with Crippen LogP contribution in [0, 0.1) is 0 Å². The van der Waals surface area contributed by atoms with E-state index in [1.807, 2.05) is 24.3 Å². The van der Waals surface area contributed by atoms with Crippen molar-refractivity contribution < 1.29 is 14.7 Å². The Morgan fingerprint density at radius 3 is 2.75 bits per heavy atom. The fourth-order valence-electron chi connectivity index (χ4n) is 3.34. The number of hydrogen-bond acceptors (Lipinski definition) is 5. The maximum Gasteiger partial charge on any atom is 0.267 e. The number of amides is 2. The minimum Gasteiger partial charge on any atom is -0.375 e. The van der Waals surface area contributed by atoms with Gasteiger partial charge in [-0.05, 0) is 24.3 Å². The summed E-state index contributed by atoms with van der Waals surface area (Å²) >= 11 is 0. The summed E-state index contributed by atoms with van der Waals surface area (Å²) in [6.07, 6.45) is 3.50. The molecule has 1 fully saturated rings. The number of rotatable bonds is 4. The molecule has 1 aliphatic heterocycles. The molecule has 3 N–H and O–H groups in total. The van der Waals surface area contributed by atoms with E-state index in [2.05, 4.69) is 10.1 Å². The number of likely N-dealkylation sites (N-methyl/N-ethyl adjacent to an activating group) is 1. The number of nitrogens with two attached hydrogens (primary N) is 1. The zero-order chi connectivity index (χ0) is 19.9. The van der Waals surface area contributed by atoms with E-state index in [0.29, 0.717) is 24.2 Å². The molecule has 142 valence electrons. The molecule has 1 saturated heterocycles. The van der Waals surface area contributed by atoms with Gasteiger partial charge in [-0.15, -0.1) is 0 Å². The van der Waals surface area contributed by atoms with Crippen molar-refractivity contribution >= 4 is 11.8 Å². The molecule has 1 aliphatic rings. The Kier molecular flexibility index (Phi) is 4.20. The molecule has 0 aliphatic carbocycles. The molecule has 1 aromatic carbocycles. The number of pyridine rings is 1. The van der Waals surface area contributed by atoms with Gasteiger partial charge < -0.3 is 15.7 Å². The van der Waals surface area contributed by atoms with Gasteiger partial charge in [0.25, 0.3) is 11.8 Å². The highest BCUT2D eigenvalue weighted by atomic mass is 16.3. The molecule has 0 spiro atoms. The third-order valence-electron chi connectivity index (χ3n) is 4.98. The summed E-state index contributed by atoms with van der Waals surface area (Å²) in [6.45, 7) is 0.498. The molecule has 8 nitrogen and oxygen atoms in total. The van der Waals surface area contributed by atoms with Crippen LogP contribution in [0.3, 0.4) is 0 Å². The maximum absolute atomic E-state index is 12.3. The number of nitrogens with zero attached hydrogens (tertiary/aromatic N) is 4. The predicted molar refractivity (Wildman–Crippen MR) is 101 cm³/mol. The second kappa shape index (κ2) is 6.58. The van der Waals surface area contributed by atoms with Gasteiger partial charge in [-0.25, -0.2) is 9.67 Å². The molecule has 8 heteroatoms. The number of aliphatic hydroxyl groups is 1. The molecule has 3 aromatic rings. The lowest BCUT2D eigenvalue weighted by atomic mass is 9.95. The summed E-state index contributed by atoms with van der Waals surface area (Å²) in [4.78, 5) is 29.5. The van der Waals surface area contributed by atoms with Crippen molar-refractivity contribution in [3.63, 3.8) is 0 Å². The molecular weight excluding hydrogens is 358 g/mol. The smallest absolute Gasteiger partial charge is 0.267 e. The minimum absolute atomic E-state index is 0.190. The van der Waals surface area contributed by atoms with E-state index in [-0.39, 0.29) is 11.6 Å². The van der Waals surface area contributed by atoms with Crippen LogP contribution in [0.5, 0.6) is 0 Å². The number of carbonyl (C=O) groups excluding carboxylic acids is 2. The summed E-state index contributed by atoms with van der Waals surface area (Å²) in [6, 6.07) is 12.5. The van der Waals surface area contributed by atoms with Crippen LogP contribution in [0.2, 0.25) is 0 Å². The van der Waals surface area contributed by atoms with E-state index in [0.717, 1.165) is 11.3 Å². The quantitative estimate of drug-likeness (QED) is 0.706. The molecule has 2 aromatic heterocycles. The highest BCUT2D eigenvalue weighted by Crippen LogP contribution is 2.32. The van der Waals surface area contributed by atoms with E-state index in [1.165, 1.54) is 11.1 Å². The number of carbonyl (C=O) groups is 2. The molecule has 0 radical (unpaired) electrons. The lowest BCUT2D eigenvalue weighted by Gasteiger charge is -2.18. The van der Waals surface area contributed by atoms with Gasteiger partial charge in [0.05, 0.1) is 17.6 Å². The highest BCUT2D eigenvalue weighted by molar-refractivity contribution is 5.91. The Morgan fingerprint density at radius 2 is 2.04 bits per heavy atom. The zero-order valence-electron chi connectivity index (χ0n) is 15.2. The summed E-state index contributed by atoms with van der Waals surface area (Å²) in [7, 11) is 1.67. The van der Waals surface area contributed by atoms with Crippen LogP contribution < -0.4 is 5.73 Å². The molecule has 1 atom stereocenters. The SMILES string of the molecule is CN1CC[C@](O)(c2cnn(-c3cccc(-c4cccc(C(N)=O)n4)c3)c2)C1=O. The van der Waals surface area contributed by atoms with Gasteiger partial charge in [-0.3, -0.25) is 9.59 Å². The molecule has 0 unspecified atom stereocenters. The fourth-order valence-corrected chi connectivity index (χ4v) is 3.34. The third kappa shape index (κ3) is 2.93. The Morgan fingerprint density at radius 1 is 1.25 bits per heavy atom. The predicted octanol–water partition coefficient (Wildman–Crippen LogP) is 1.08. The number of benzene rings is 1. The van der Waals surface area contributed by atoms with Gasteiger partial charge >= 0.3 is 0 Å². The van der Waals surface area contributed by atoms with Gasteiger partial charge in [0, 0.05) is 37.3 Å². The zero-order valence-corrected chi connectivity index (χ0v) is 15.2. The van der Waals surface area contributed by atoms with Gasteiger partial charge in [0.2, 0.25) is 0 Å². The van der Waals surface area contributed by atoms with Crippen molar-refractivity contribution in [1.29, 1.82) is 0 Å². The first kappa shape index (κ1) is 17.9. The van der Waals surface area contributed by atoms with Crippen LogP contribution in [-0.4, -0.2) is 50.2 Å². The monoisotopic (exact) mass is 377 g/mol. The molecule has 0 saturated carbocycles. The van der Waals surface area contributed by atoms with Crippen molar-refractivity contribution in [3.05, 3.63) is 66.1 Å². The molecule has 28 heavy (non-hydrogen) atoms. The van der Waals surface area contributed by atoms with Crippen molar-refractivity contribution in [3.8, 4) is 16.9 Å². The third-order valence-corrected chi connectivity index (χ3v) is 4.98. The van der Waals surface area contributed by atoms with E-state index >= 15 is 0 Å². The largest absolute Gasteiger partial charge is 0.375 e. The number of hydrogen-bond donors (Lipinski definition) is 2. The van der Waals surface area contributed by atoms with Gasteiger partial charge in [0.1, 0.15) is 5.69 Å². The van der Waals surface area contributed by atoms with Crippen molar-refractivity contribution in [2.75, 3.05) is 13.6 Å².